The Labute approximate surface area is 169 Å². The number of fused-ring (bicyclic) bond motifs is 1. The highest BCUT2D eigenvalue weighted by atomic mass is 32.1. The van der Waals surface area contributed by atoms with Gasteiger partial charge in [0.15, 0.2) is 5.82 Å². The Morgan fingerprint density at radius 1 is 1.14 bits per heavy atom. The summed E-state index contributed by atoms with van der Waals surface area (Å²) >= 11 is 1.53. The van der Waals surface area contributed by atoms with E-state index in [9.17, 15) is 5.11 Å². The van der Waals surface area contributed by atoms with Crippen LogP contribution in [-0.2, 0) is 17.6 Å². The highest BCUT2D eigenvalue weighted by Crippen LogP contribution is 2.41. The third-order valence-electron chi connectivity index (χ3n) is 5.32. The maximum Gasteiger partial charge on any atom is 0.230 e. The lowest BCUT2D eigenvalue weighted by Crippen LogP contribution is -2.47. The molecule has 150 valence electrons. The number of rotatable bonds is 5. The normalized spacial score (nSPS) is 22.0. The predicted octanol–water partition coefficient (Wildman–Crippen LogP) is 3.82. The van der Waals surface area contributed by atoms with Crippen LogP contribution in [0.2, 0.25) is 0 Å². The van der Waals surface area contributed by atoms with Crippen molar-refractivity contribution < 1.29 is 9.84 Å². The topological polar surface area (TPSA) is 62.9 Å². The van der Waals surface area contributed by atoms with Gasteiger partial charge in [-0.25, -0.2) is 4.98 Å². The van der Waals surface area contributed by atoms with Crippen molar-refractivity contribution in [1.29, 1.82) is 0 Å². The van der Waals surface area contributed by atoms with Gasteiger partial charge < -0.3 is 9.84 Å². The molecule has 0 radical (unpaired) electrons. The summed E-state index contributed by atoms with van der Waals surface area (Å²) in [6.07, 6.45) is 2.07. The lowest BCUT2D eigenvalue weighted by atomic mass is 10.00. The number of aromatic nitrogens is 3. The maximum atomic E-state index is 11.0. The van der Waals surface area contributed by atoms with Crippen LogP contribution in [0.3, 0.4) is 0 Å². The molecule has 6 nitrogen and oxygen atoms in total. The monoisotopic (exact) mass is 400 g/mol. The van der Waals surface area contributed by atoms with Crippen molar-refractivity contribution >= 4 is 16.3 Å². The highest BCUT2D eigenvalue weighted by Gasteiger charge is 2.34. The summed E-state index contributed by atoms with van der Waals surface area (Å²) in [7, 11) is 0. The van der Waals surface area contributed by atoms with Crippen LogP contribution in [0, 0.1) is 0 Å². The first-order valence-corrected chi connectivity index (χ1v) is 10.9. The van der Waals surface area contributed by atoms with E-state index in [1.165, 1.54) is 22.5 Å². The molecule has 0 amide bonds. The Hall–Kier alpha value is -1.96. The molecular formula is C21H28N4O2S. The van der Waals surface area contributed by atoms with Crippen molar-refractivity contribution in [1.82, 2.24) is 19.5 Å². The van der Waals surface area contributed by atoms with Gasteiger partial charge in [-0.05, 0) is 31.4 Å². The number of morpholine rings is 1. The van der Waals surface area contributed by atoms with E-state index in [4.69, 9.17) is 4.74 Å². The van der Waals surface area contributed by atoms with Gasteiger partial charge in [-0.1, -0.05) is 49.4 Å². The van der Waals surface area contributed by atoms with E-state index >= 15 is 0 Å². The summed E-state index contributed by atoms with van der Waals surface area (Å²) < 4.78 is 7.53. The van der Waals surface area contributed by atoms with Crippen LogP contribution in [0.1, 0.15) is 55.6 Å². The summed E-state index contributed by atoms with van der Waals surface area (Å²) in [4.78, 5) is 8.60. The van der Waals surface area contributed by atoms with Gasteiger partial charge in [-0.15, -0.1) is 5.10 Å². The van der Waals surface area contributed by atoms with Crippen LogP contribution in [0.4, 0.5) is 0 Å². The minimum Gasteiger partial charge on any atom is -0.492 e. The van der Waals surface area contributed by atoms with Crippen molar-refractivity contribution in [2.45, 2.75) is 58.8 Å². The number of benzene rings is 1. The first kappa shape index (κ1) is 19.4. The summed E-state index contributed by atoms with van der Waals surface area (Å²) in [5.41, 5.74) is 2.49. The molecule has 3 heterocycles. The van der Waals surface area contributed by atoms with Gasteiger partial charge in [-0.2, -0.15) is 4.52 Å². The molecule has 1 fully saturated rings. The van der Waals surface area contributed by atoms with Crippen molar-refractivity contribution in [2.75, 3.05) is 13.1 Å². The fourth-order valence-corrected chi connectivity index (χ4v) is 5.15. The number of thiazole rings is 1. The average molecular weight is 401 g/mol. The molecule has 28 heavy (non-hydrogen) atoms. The summed E-state index contributed by atoms with van der Waals surface area (Å²) in [5.74, 6) is 0.953. The molecule has 0 bridgehead atoms. The van der Waals surface area contributed by atoms with Crippen LogP contribution in [0.5, 0.6) is 5.88 Å². The molecule has 1 aliphatic heterocycles. The Bertz CT molecular complexity index is 939. The molecule has 2 aromatic heterocycles. The zero-order valence-corrected chi connectivity index (χ0v) is 17.7. The number of hydrogen-bond acceptors (Lipinski definition) is 6. The van der Waals surface area contributed by atoms with Crippen molar-refractivity contribution in [2.24, 2.45) is 0 Å². The largest absolute Gasteiger partial charge is 0.492 e. The van der Waals surface area contributed by atoms with Crippen LogP contribution in [0.25, 0.3) is 4.96 Å². The zero-order chi connectivity index (χ0) is 19.8. The molecule has 0 spiro atoms. The van der Waals surface area contributed by atoms with Gasteiger partial charge in [0.1, 0.15) is 0 Å². The van der Waals surface area contributed by atoms with Crippen molar-refractivity contribution in [3.8, 4) is 5.88 Å². The number of ether oxygens (including phenoxy) is 1. The minimum absolute atomic E-state index is 0.0433. The third-order valence-corrected chi connectivity index (χ3v) is 6.40. The molecule has 3 aromatic rings. The van der Waals surface area contributed by atoms with E-state index in [1.807, 2.05) is 6.92 Å². The Morgan fingerprint density at radius 2 is 1.82 bits per heavy atom. The van der Waals surface area contributed by atoms with Gasteiger partial charge in [0.05, 0.1) is 23.1 Å². The van der Waals surface area contributed by atoms with E-state index in [1.54, 1.807) is 4.52 Å². The van der Waals surface area contributed by atoms with E-state index in [-0.39, 0.29) is 24.1 Å². The quantitative estimate of drug-likeness (QED) is 0.705. The maximum absolute atomic E-state index is 11.0. The van der Waals surface area contributed by atoms with Gasteiger partial charge in [0.25, 0.3) is 0 Å². The average Bonchev–Trinajstić information content (AvgIpc) is 3.21. The molecule has 7 heteroatoms. The highest BCUT2D eigenvalue weighted by molar-refractivity contribution is 7.17. The number of hydrogen-bond donors (Lipinski definition) is 1. The molecule has 1 saturated heterocycles. The number of aryl methyl sites for hydroxylation is 2. The SMILES string of the molecule is CCc1ccc([C@H](c2sc3nc(CC)nn3c2O)N2C[C@@H](C)O[C@@H](C)C2)cc1. The first-order valence-electron chi connectivity index (χ1n) is 10.1. The second-order valence-corrected chi connectivity index (χ2v) is 8.58. The van der Waals surface area contributed by atoms with Gasteiger partial charge >= 0.3 is 0 Å². The molecule has 1 aliphatic rings. The van der Waals surface area contributed by atoms with Gasteiger partial charge in [-0.3, -0.25) is 4.90 Å². The molecule has 1 N–H and O–H groups in total. The van der Waals surface area contributed by atoms with Crippen LogP contribution < -0.4 is 0 Å². The fourth-order valence-electron chi connectivity index (χ4n) is 4.01. The predicted molar refractivity (Wildman–Crippen MR) is 111 cm³/mol. The number of nitrogens with zero attached hydrogens (tertiary/aromatic N) is 4. The standard InChI is InChI=1S/C21H28N4O2S/c1-5-15-7-9-16(10-8-15)18(24-11-13(3)27-14(4)12-24)19-20(26)25-21(28-19)22-17(6-2)23-25/h7-10,13-14,18,26H,5-6,11-12H2,1-4H3/t13-,14+,18-/m1/s1. The second kappa shape index (κ2) is 7.81. The summed E-state index contributed by atoms with van der Waals surface area (Å²) in [6.45, 7) is 10.0. The van der Waals surface area contributed by atoms with Gasteiger partial charge in [0, 0.05) is 19.5 Å². The summed E-state index contributed by atoms with van der Waals surface area (Å²) in [5, 5.41) is 15.5. The molecule has 0 aliphatic carbocycles. The Balaban J connectivity index is 1.80. The van der Waals surface area contributed by atoms with E-state index in [2.05, 4.69) is 60.0 Å². The lowest BCUT2D eigenvalue weighted by Gasteiger charge is -2.40. The van der Waals surface area contributed by atoms with Gasteiger partial charge in [0.2, 0.25) is 10.8 Å². The van der Waals surface area contributed by atoms with Crippen molar-refractivity contribution in [3.63, 3.8) is 0 Å². The molecule has 1 aromatic carbocycles. The van der Waals surface area contributed by atoms with Crippen LogP contribution in [0.15, 0.2) is 24.3 Å². The van der Waals surface area contributed by atoms with Crippen molar-refractivity contribution in [3.05, 3.63) is 46.1 Å². The molecular weight excluding hydrogens is 372 g/mol. The molecule has 3 atom stereocenters. The number of aromatic hydroxyl groups is 1. The van der Waals surface area contributed by atoms with E-state index in [0.29, 0.717) is 0 Å². The van der Waals surface area contributed by atoms with Crippen LogP contribution >= 0.6 is 11.3 Å². The Kier molecular flexibility index (Phi) is 5.40. The van der Waals surface area contributed by atoms with Crippen LogP contribution in [-0.4, -0.2) is 49.9 Å². The third kappa shape index (κ3) is 3.54. The van der Waals surface area contributed by atoms with E-state index in [0.717, 1.165) is 41.6 Å². The first-order chi connectivity index (χ1) is 13.5. The molecule has 4 rings (SSSR count). The molecule has 0 saturated carbocycles. The summed E-state index contributed by atoms with van der Waals surface area (Å²) in [6, 6.07) is 8.68. The lowest BCUT2D eigenvalue weighted by molar-refractivity contribution is -0.0764. The fraction of sp³-hybridized carbons (Fsp3) is 0.524. The smallest absolute Gasteiger partial charge is 0.230 e. The zero-order valence-electron chi connectivity index (χ0n) is 16.9. The minimum atomic E-state index is -0.0433. The van der Waals surface area contributed by atoms with E-state index < -0.39 is 0 Å². The second-order valence-electron chi connectivity index (χ2n) is 7.57. The molecule has 0 unspecified atom stereocenters. The Morgan fingerprint density at radius 3 is 2.39 bits per heavy atom.